The van der Waals surface area contributed by atoms with Crippen molar-refractivity contribution >= 4 is 45.1 Å². The van der Waals surface area contributed by atoms with E-state index in [1.54, 1.807) is 20.3 Å². The Morgan fingerprint density at radius 2 is 1.75 bits per heavy atom. The number of methoxy groups -OCH3 is 2. The summed E-state index contributed by atoms with van der Waals surface area (Å²) < 4.78 is 35.0. The molecule has 0 saturated carbocycles. The highest BCUT2D eigenvalue weighted by molar-refractivity contribution is 9.10. The summed E-state index contributed by atoms with van der Waals surface area (Å²) in [6, 6.07) is 3.73. The lowest BCUT2D eigenvalue weighted by atomic mass is 10.0. The van der Waals surface area contributed by atoms with Gasteiger partial charge in [-0.3, -0.25) is 0 Å². The fraction of sp³-hybridized carbons (Fsp3) is 0.455. The number of hydrogen-bond acceptors (Lipinski definition) is 7. The minimum Gasteiger partial charge on any atom is -0.487 e. The van der Waals surface area contributed by atoms with Gasteiger partial charge in [-0.25, -0.2) is 14.4 Å². The third-order valence-corrected chi connectivity index (χ3v) is 5.80. The minimum absolute atomic E-state index is 0. The Bertz CT molecular complexity index is 1020. The van der Waals surface area contributed by atoms with Crippen LogP contribution in [0.2, 0.25) is 0 Å². The van der Waals surface area contributed by atoms with Crippen molar-refractivity contribution in [2.75, 3.05) is 52.1 Å². The van der Waals surface area contributed by atoms with Gasteiger partial charge in [-0.15, -0.1) is 12.4 Å². The van der Waals surface area contributed by atoms with E-state index in [1.165, 1.54) is 6.33 Å². The van der Waals surface area contributed by atoms with E-state index < -0.39 is 4.58 Å². The summed E-state index contributed by atoms with van der Waals surface area (Å²) in [6.07, 6.45) is 6.04. The predicted molar refractivity (Wildman–Crippen MR) is 127 cm³/mol. The SMILES string of the molecule is COCCOc1cc2ncnc(N3CCC4=C3CC(F)(Br)C=C4)c2cc1OCCOC.Cl. The number of aromatic nitrogens is 2. The Kier molecular flexibility index (Phi) is 8.32. The van der Waals surface area contributed by atoms with Crippen LogP contribution in [0.25, 0.3) is 10.9 Å². The third kappa shape index (κ3) is 5.33. The van der Waals surface area contributed by atoms with Crippen LogP contribution in [-0.2, 0) is 9.47 Å². The molecule has 1 aliphatic heterocycles. The minimum atomic E-state index is -1.55. The van der Waals surface area contributed by atoms with Crippen molar-refractivity contribution in [1.29, 1.82) is 0 Å². The second kappa shape index (κ2) is 10.8. The van der Waals surface area contributed by atoms with E-state index in [0.717, 1.165) is 41.0 Å². The van der Waals surface area contributed by atoms with Gasteiger partial charge in [0.15, 0.2) is 16.1 Å². The van der Waals surface area contributed by atoms with Crippen LogP contribution in [0.1, 0.15) is 12.8 Å². The standard InChI is InChI=1S/C22H25BrFN3O4.ClH/c1-28-7-9-30-19-11-16-17(12-20(19)31-10-8-29-2)25-14-26-21(16)27-6-4-15-3-5-22(23,24)13-18(15)27;/h3,5,11-12,14H,4,6-10,13H2,1-2H3;1H. The van der Waals surface area contributed by atoms with Gasteiger partial charge in [0.25, 0.3) is 0 Å². The van der Waals surface area contributed by atoms with Gasteiger partial charge in [0.1, 0.15) is 25.4 Å². The second-order valence-electron chi connectivity index (χ2n) is 7.34. The van der Waals surface area contributed by atoms with Crippen molar-refractivity contribution in [3.8, 4) is 11.5 Å². The molecule has 7 nitrogen and oxygen atoms in total. The first-order valence-corrected chi connectivity index (χ1v) is 10.9. The molecule has 0 fully saturated rings. The van der Waals surface area contributed by atoms with E-state index in [1.807, 2.05) is 18.2 Å². The van der Waals surface area contributed by atoms with Crippen molar-refractivity contribution in [2.45, 2.75) is 17.4 Å². The van der Waals surface area contributed by atoms with Gasteiger partial charge in [-0.05, 0) is 40.1 Å². The van der Waals surface area contributed by atoms with Crippen LogP contribution in [0.3, 0.4) is 0 Å². The molecule has 0 amide bonds. The molecule has 1 atom stereocenters. The van der Waals surface area contributed by atoms with Gasteiger partial charge in [0, 0.05) is 44.3 Å². The number of ether oxygens (including phenoxy) is 4. The molecule has 2 aliphatic rings. The Morgan fingerprint density at radius 3 is 2.44 bits per heavy atom. The summed E-state index contributed by atoms with van der Waals surface area (Å²) in [7, 11) is 3.25. The first kappa shape index (κ1) is 24.7. The highest BCUT2D eigenvalue weighted by Gasteiger charge is 2.35. The van der Waals surface area contributed by atoms with Gasteiger partial charge in [-0.1, -0.05) is 6.08 Å². The summed E-state index contributed by atoms with van der Waals surface area (Å²) in [4.78, 5) is 11.1. The molecule has 0 saturated heterocycles. The first-order valence-electron chi connectivity index (χ1n) is 10.1. The molecule has 4 rings (SSSR count). The molecule has 0 radical (unpaired) electrons. The van der Waals surface area contributed by atoms with E-state index in [-0.39, 0.29) is 18.8 Å². The largest absolute Gasteiger partial charge is 0.487 e. The Hall–Kier alpha value is -1.94. The van der Waals surface area contributed by atoms with Gasteiger partial charge in [-0.2, -0.15) is 0 Å². The van der Waals surface area contributed by atoms with Crippen LogP contribution in [-0.4, -0.2) is 61.7 Å². The van der Waals surface area contributed by atoms with Crippen molar-refractivity contribution < 1.29 is 23.3 Å². The van der Waals surface area contributed by atoms with Gasteiger partial charge >= 0.3 is 0 Å². The average molecular weight is 531 g/mol. The van der Waals surface area contributed by atoms with Crippen LogP contribution in [0, 0.1) is 0 Å². The number of alkyl halides is 2. The topological polar surface area (TPSA) is 65.9 Å². The summed E-state index contributed by atoms with van der Waals surface area (Å²) in [5.41, 5.74) is 2.79. The zero-order valence-corrected chi connectivity index (χ0v) is 20.4. The maximum atomic E-state index is 14.6. The maximum absolute atomic E-state index is 14.6. The normalized spacial score (nSPS) is 19.8. The zero-order chi connectivity index (χ0) is 21.8. The highest BCUT2D eigenvalue weighted by Crippen LogP contribution is 2.44. The molecular formula is C22H26BrClFN3O4. The van der Waals surface area contributed by atoms with Crippen LogP contribution >= 0.6 is 28.3 Å². The predicted octanol–water partition coefficient (Wildman–Crippen LogP) is 4.59. The lowest BCUT2D eigenvalue weighted by molar-refractivity contribution is 0.132. The van der Waals surface area contributed by atoms with Crippen molar-refractivity contribution in [3.05, 3.63) is 41.9 Å². The van der Waals surface area contributed by atoms with Crippen LogP contribution in [0.15, 0.2) is 41.9 Å². The summed E-state index contributed by atoms with van der Waals surface area (Å²) in [6.45, 7) is 2.41. The number of nitrogens with zero attached hydrogens (tertiary/aromatic N) is 3. The van der Waals surface area contributed by atoms with E-state index in [4.69, 9.17) is 18.9 Å². The molecule has 10 heteroatoms. The Morgan fingerprint density at radius 1 is 1.06 bits per heavy atom. The number of allylic oxidation sites excluding steroid dienone is 3. The highest BCUT2D eigenvalue weighted by atomic mass is 79.9. The van der Waals surface area contributed by atoms with Crippen LogP contribution < -0.4 is 14.4 Å². The molecule has 2 heterocycles. The molecule has 1 unspecified atom stereocenters. The average Bonchev–Trinajstić information content (AvgIpc) is 3.15. The van der Waals surface area contributed by atoms with Gasteiger partial charge < -0.3 is 23.8 Å². The second-order valence-corrected chi connectivity index (χ2v) is 8.66. The van der Waals surface area contributed by atoms with Crippen molar-refractivity contribution in [1.82, 2.24) is 9.97 Å². The summed E-state index contributed by atoms with van der Waals surface area (Å²) in [5, 5.41) is 0.816. The fourth-order valence-electron chi connectivity index (χ4n) is 3.77. The van der Waals surface area contributed by atoms with E-state index in [9.17, 15) is 4.39 Å². The zero-order valence-electron chi connectivity index (χ0n) is 18.0. The van der Waals surface area contributed by atoms with E-state index in [0.29, 0.717) is 37.9 Å². The Balaban J connectivity index is 0.00000289. The number of rotatable bonds is 9. The van der Waals surface area contributed by atoms with Crippen molar-refractivity contribution in [3.63, 3.8) is 0 Å². The quantitative estimate of drug-likeness (QED) is 0.347. The molecule has 2 aromatic rings. The summed E-state index contributed by atoms with van der Waals surface area (Å²) >= 11 is 3.16. The molecule has 1 aromatic carbocycles. The van der Waals surface area contributed by atoms with Crippen LogP contribution in [0.4, 0.5) is 10.2 Å². The molecular weight excluding hydrogens is 505 g/mol. The first-order chi connectivity index (χ1) is 15.0. The lowest BCUT2D eigenvalue weighted by Crippen LogP contribution is -2.25. The molecule has 1 aliphatic carbocycles. The summed E-state index contributed by atoms with van der Waals surface area (Å²) in [5.74, 6) is 1.89. The monoisotopic (exact) mass is 529 g/mol. The Labute approximate surface area is 201 Å². The van der Waals surface area contributed by atoms with Crippen molar-refractivity contribution in [2.24, 2.45) is 0 Å². The van der Waals surface area contributed by atoms with Crippen LogP contribution in [0.5, 0.6) is 11.5 Å². The number of fused-ring (bicyclic) bond motifs is 1. The molecule has 1 aromatic heterocycles. The number of halogens is 3. The third-order valence-electron chi connectivity index (χ3n) is 5.26. The lowest BCUT2D eigenvalue weighted by Gasteiger charge is -2.27. The molecule has 0 N–H and O–H groups in total. The molecule has 32 heavy (non-hydrogen) atoms. The number of benzene rings is 1. The molecule has 174 valence electrons. The maximum Gasteiger partial charge on any atom is 0.189 e. The van der Waals surface area contributed by atoms with E-state index >= 15 is 0 Å². The molecule has 0 bridgehead atoms. The molecule has 0 spiro atoms. The fourth-order valence-corrected chi connectivity index (χ4v) is 4.17. The van der Waals surface area contributed by atoms with E-state index in [2.05, 4.69) is 30.8 Å². The smallest absolute Gasteiger partial charge is 0.189 e. The number of anilines is 1. The van der Waals surface area contributed by atoms with Gasteiger partial charge in [0.2, 0.25) is 0 Å². The number of hydrogen-bond donors (Lipinski definition) is 0. The van der Waals surface area contributed by atoms with Gasteiger partial charge in [0.05, 0.1) is 18.7 Å².